The summed E-state index contributed by atoms with van der Waals surface area (Å²) < 4.78 is 0. The molecule has 1 rings (SSSR count). The molecule has 0 aromatic carbocycles. The van der Waals surface area contributed by atoms with Crippen LogP contribution in [0.3, 0.4) is 0 Å². The van der Waals surface area contributed by atoms with Crippen molar-refractivity contribution in [3.8, 4) is 0 Å². The van der Waals surface area contributed by atoms with Gasteiger partial charge in [-0.2, -0.15) is 0 Å². The number of carboxylic acids is 1. The molecule has 4 nitrogen and oxygen atoms in total. The minimum Gasteiger partial charge on any atom is -0.480 e. The zero-order chi connectivity index (χ0) is 10.6. The van der Waals surface area contributed by atoms with Crippen LogP contribution in [0.2, 0.25) is 0 Å². The third kappa shape index (κ3) is 2.33. The van der Waals surface area contributed by atoms with E-state index in [9.17, 15) is 9.90 Å². The van der Waals surface area contributed by atoms with Crippen LogP contribution < -0.4 is 5.32 Å². The number of aliphatic carboxylic acids is 1. The first-order valence-corrected chi connectivity index (χ1v) is 4.88. The van der Waals surface area contributed by atoms with Crippen LogP contribution in [0.15, 0.2) is 12.7 Å². The van der Waals surface area contributed by atoms with E-state index in [2.05, 4.69) is 11.9 Å². The molecular formula is C10H18N2O2. The molecule has 0 amide bonds. The summed E-state index contributed by atoms with van der Waals surface area (Å²) in [4.78, 5) is 13.3. The fourth-order valence-corrected chi connectivity index (χ4v) is 1.93. The summed E-state index contributed by atoms with van der Waals surface area (Å²) in [5.74, 6) is -0.758. The van der Waals surface area contributed by atoms with Crippen molar-refractivity contribution >= 4 is 5.97 Å². The number of hydrogen-bond donors (Lipinski definition) is 2. The van der Waals surface area contributed by atoms with Crippen molar-refractivity contribution in [3.05, 3.63) is 12.7 Å². The van der Waals surface area contributed by atoms with E-state index >= 15 is 0 Å². The Kier molecular flexibility index (Phi) is 3.66. The van der Waals surface area contributed by atoms with E-state index in [1.807, 2.05) is 11.9 Å². The van der Waals surface area contributed by atoms with Crippen molar-refractivity contribution in [3.63, 3.8) is 0 Å². The van der Waals surface area contributed by atoms with E-state index < -0.39 is 11.5 Å². The second-order valence-electron chi connectivity index (χ2n) is 3.90. The zero-order valence-electron chi connectivity index (χ0n) is 8.62. The van der Waals surface area contributed by atoms with Gasteiger partial charge in [0.25, 0.3) is 0 Å². The van der Waals surface area contributed by atoms with E-state index in [0.29, 0.717) is 19.5 Å². The predicted octanol–water partition coefficient (Wildman–Crippen LogP) is 0.311. The molecule has 1 aliphatic rings. The molecule has 2 N–H and O–H groups in total. The van der Waals surface area contributed by atoms with Crippen LogP contribution in [0.4, 0.5) is 0 Å². The van der Waals surface area contributed by atoms with Crippen molar-refractivity contribution < 1.29 is 9.90 Å². The second kappa shape index (κ2) is 4.57. The molecular weight excluding hydrogens is 180 g/mol. The maximum atomic E-state index is 11.2. The maximum absolute atomic E-state index is 11.2. The fourth-order valence-electron chi connectivity index (χ4n) is 1.93. The number of likely N-dealkylation sites (N-methyl/N-ethyl adjacent to an activating group) is 1. The van der Waals surface area contributed by atoms with E-state index in [-0.39, 0.29) is 0 Å². The summed E-state index contributed by atoms with van der Waals surface area (Å²) in [5.41, 5.74) is -0.777. The smallest absolute Gasteiger partial charge is 0.325 e. The molecule has 1 unspecified atom stereocenters. The fraction of sp³-hybridized carbons (Fsp3) is 0.700. The highest BCUT2D eigenvalue weighted by Gasteiger charge is 2.40. The Morgan fingerprint density at radius 3 is 3.00 bits per heavy atom. The largest absolute Gasteiger partial charge is 0.480 e. The first-order chi connectivity index (χ1) is 6.60. The lowest BCUT2D eigenvalue weighted by Crippen LogP contribution is -2.61. The first kappa shape index (κ1) is 11.2. The maximum Gasteiger partial charge on any atom is 0.325 e. The summed E-state index contributed by atoms with van der Waals surface area (Å²) in [6.45, 7) is 5.67. The number of carbonyl (C=O) groups is 1. The van der Waals surface area contributed by atoms with Crippen molar-refractivity contribution in [2.45, 2.75) is 18.4 Å². The lowest BCUT2D eigenvalue weighted by molar-refractivity contribution is -0.147. The van der Waals surface area contributed by atoms with Crippen LogP contribution in [0.5, 0.6) is 0 Å². The Morgan fingerprint density at radius 1 is 1.79 bits per heavy atom. The minimum absolute atomic E-state index is 0.542. The molecule has 0 bridgehead atoms. The SMILES string of the molecule is C=CCNC1(C(=O)O)CCCN(C)C1. The Balaban J connectivity index is 2.69. The Hall–Kier alpha value is -0.870. The molecule has 0 aromatic heterocycles. The number of rotatable bonds is 4. The summed E-state index contributed by atoms with van der Waals surface area (Å²) in [6, 6.07) is 0. The quantitative estimate of drug-likeness (QED) is 0.638. The van der Waals surface area contributed by atoms with Gasteiger partial charge in [-0.1, -0.05) is 6.08 Å². The zero-order valence-corrected chi connectivity index (χ0v) is 8.62. The third-order valence-electron chi connectivity index (χ3n) is 2.68. The molecule has 1 fully saturated rings. The molecule has 0 spiro atoms. The number of likely N-dealkylation sites (tertiary alicyclic amines) is 1. The third-order valence-corrected chi connectivity index (χ3v) is 2.68. The van der Waals surface area contributed by atoms with Gasteiger partial charge >= 0.3 is 5.97 Å². The van der Waals surface area contributed by atoms with E-state index in [0.717, 1.165) is 13.0 Å². The summed E-state index contributed by atoms with van der Waals surface area (Å²) >= 11 is 0. The molecule has 0 aromatic rings. The predicted molar refractivity (Wildman–Crippen MR) is 55.3 cm³/mol. The average Bonchev–Trinajstić information content (AvgIpc) is 2.14. The number of nitrogens with one attached hydrogen (secondary N) is 1. The van der Waals surface area contributed by atoms with Gasteiger partial charge in [0.2, 0.25) is 0 Å². The lowest BCUT2D eigenvalue weighted by Gasteiger charge is -2.38. The highest BCUT2D eigenvalue weighted by molar-refractivity contribution is 5.79. The van der Waals surface area contributed by atoms with Crippen molar-refractivity contribution in [1.29, 1.82) is 0 Å². The van der Waals surface area contributed by atoms with E-state index in [4.69, 9.17) is 0 Å². The first-order valence-electron chi connectivity index (χ1n) is 4.88. The minimum atomic E-state index is -0.777. The second-order valence-corrected chi connectivity index (χ2v) is 3.90. The Morgan fingerprint density at radius 2 is 2.50 bits per heavy atom. The number of carboxylic acid groups (broad SMARTS) is 1. The number of piperidine rings is 1. The van der Waals surface area contributed by atoms with Crippen molar-refractivity contribution in [2.24, 2.45) is 0 Å². The monoisotopic (exact) mass is 198 g/mol. The molecule has 1 aliphatic heterocycles. The van der Waals surface area contributed by atoms with Crippen molar-refractivity contribution in [2.75, 3.05) is 26.7 Å². The molecule has 1 atom stereocenters. The Bertz CT molecular complexity index is 230. The van der Waals surface area contributed by atoms with Crippen LogP contribution >= 0.6 is 0 Å². The van der Waals surface area contributed by atoms with Gasteiger partial charge in [0.15, 0.2) is 0 Å². The van der Waals surface area contributed by atoms with Gasteiger partial charge in [-0.25, -0.2) is 0 Å². The molecule has 14 heavy (non-hydrogen) atoms. The van der Waals surface area contributed by atoms with Gasteiger partial charge in [-0.05, 0) is 26.4 Å². The molecule has 1 saturated heterocycles. The van der Waals surface area contributed by atoms with Crippen molar-refractivity contribution in [1.82, 2.24) is 10.2 Å². The summed E-state index contributed by atoms with van der Waals surface area (Å²) in [6.07, 6.45) is 3.31. The number of nitrogens with zero attached hydrogens (tertiary/aromatic N) is 1. The molecule has 80 valence electrons. The van der Waals surface area contributed by atoms with Crippen LogP contribution in [-0.4, -0.2) is 48.2 Å². The van der Waals surface area contributed by atoms with Gasteiger partial charge in [0.1, 0.15) is 5.54 Å². The van der Waals surface area contributed by atoms with Crippen LogP contribution in [0.25, 0.3) is 0 Å². The summed E-state index contributed by atoms with van der Waals surface area (Å²) in [7, 11) is 1.95. The average molecular weight is 198 g/mol. The van der Waals surface area contributed by atoms with E-state index in [1.54, 1.807) is 6.08 Å². The molecule has 1 heterocycles. The highest BCUT2D eigenvalue weighted by atomic mass is 16.4. The number of hydrogen-bond acceptors (Lipinski definition) is 3. The standard InChI is InChI=1S/C10H18N2O2/c1-3-6-11-10(9(13)14)5-4-7-12(2)8-10/h3,11H,1,4-8H2,2H3,(H,13,14). The topological polar surface area (TPSA) is 52.6 Å². The normalized spacial score (nSPS) is 28.6. The van der Waals surface area contributed by atoms with Gasteiger partial charge in [-0.3, -0.25) is 10.1 Å². The highest BCUT2D eigenvalue weighted by Crippen LogP contribution is 2.20. The van der Waals surface area contributed by atoms with Crippen LogP contribution in [-0.2, 0) is 4.79 Å². The molecule has 4 heteroatoms. The molecule has 0 saturated carbocycles. The van der Waals surface area contributed by atoms with E-state index in [1.165, 1.54) is 0 Å². The van der Waals surface area contributed by atoms with Gasteiger partial charge in [0, 0.05) is 13.1 Å². The van der Waals surface area contributed by atoms with Gasteiger partial charge in [-0.15, -0.1) is 6.58 Å². The van der Waals surface area contributed by atoms with Gasteiger partial charge < -0.3 is 10.0 Å². The van der Waals surface area contributed by atoms with Gasteiger partial charge in [0.05, 0.1) is 0 Å². The molecule has 0 radical (unpaired) electrons. The molecule has 0 aliphatic carbocycles. The Labute approximate surface area is 84.6 Å². The van der Waals surface area contributed by atoms with Crippen LogP contribution in [0.1, 0.15) is 12.8 Å². The van der Waals surface area contributed by atoms with Crippen LogP contribution in [0, 0.1) is 0 Å². The summed E-state index contributed by atoms with van der Waals surface area (Å²) in [5, 5.41) is 12.3. The lowest BCUT2D eigenvalue weighted by atomic mass is 9.89.